The molecule has 12 heteroatoms. The molecule has 0 aromatic heterocycles. The predicted molar refractivity (Wildman–Crippen MR) is 165 cm³/mol. The number of carbonyl (C=O) groups is 3. The highest BCUT2D eigenvalue weighted by molar-refractivity contribution is 7.89. The maximum absolute atomic E-state index is 14.3. The van der Waals surface area contributed by atoms with Crippen LogP contribution in [0.5, 0.6) is 5.75 Å². The topological polar surface area (TPSA) is 117 Å². The van der Waals surface area contributed by atoms with Crippen molar-refractivity contribution < 1.29 is 32.3 Å². The van der Waals surface area contributed by atoms with Gasteiger partial charge >= 0.3 is 12.1 Å². The van der Waals surface area contributed by atoms with Crippen molar-refractivity contribution in [1.82, 2.24) is 14.1 Å². The molecule has 1 aliphatic carbocycles. The maximum Gasteiger partial charge on any atom is 0.415 e. The van der Waals surface area contributed by atoms with E-state index < -0.39 is 40.1 Å². The zero-order valence-corrected chi connectivity index (χ0v) is 26.5. The van der Waals surface area contributed by atoms with Gasteiger partial charge in [0.2, 0.25) is 15.9 Å². The summed E-state index contributed by atoms with van der Waals surface area (Å²) in [6.07, 6.45) is 3.73. The van der Waals surface area contributed by atoms with Gasteiger partial charge in [0.1, 0.15) is 23.9 Å². The number of likely N-dealkylation sites (N-methyl/N-ethyl adjacent to an activating group) is 1. The van der Waals surface area contributed by atoms with Gasteiger partial charge in [0.05, 0.1) is 4.90 Å². The summed E-state index contributed by atoms with van der Waals surface area (Å²) < 4.78 is 39.9. The molecule has 0 unspecified atom stereocenters. The van der Waals surface area contributed by atoms with Gasteiger partial charge in [-0.3, -0.25) is 9.69 Å². The van der Waals surface area contributed by atoms with E-state index >= 15 is 0 Å². The minimum absolute atomic E-state index is 0.120. The number of carbonyl (C=O) groups excluding carboxylic acids is 3. The molecule has 3 aliphatic rings. The first-order valence-electron chi connectivity index (χ1n) is 15.4. The van der Waals surface area contributed by atoms with Crippen molar-refractivity contribution in [2.75, 3.05) is 44.7 Å². The third-order valence-electron chi connectivity index (χ3n) is 8.75. The Bertz CT molecular complexity index is 1430. The summed E-state index contributed by atoms with van der Waals surface area (Å²) in [4.78, 5) is 45.6. The molecule has 0 radical (unpaired) electrons. The molecule has 11 nitrogen and oxygen atoms in total. The molecule has 0 bridgehead atoms. The second kappa shape index (κ2) is 13.7. The first kappa shape index (κ1) is 31.9. The number of hydrogen-bond donors (Lipinski definition) is 0. The number of rotatable bonds is 8. The zero-order chi connectivity index (χ0) is 31.4. The highest BCUT2D eigenvalue weighted by atomic mass is 32.2. The van der Waals surface area contributed by atoms with E-state index in [0.29, 0.717) is 37.4 Å². The van der Waals surface area contributed by atoms with Crippen molar-refractivity contribution in [3.8, 4) is 5.75 Å². The van der Waals surface area contributed by atoms with E-state index in [-0.39, 0.29) is 17.5 Å². The SMILES string of the molecule is Cc1ccc(S(=O)(=O)N2CCC[C@H]2C(=O)N(c2ccc(OC(=O)N3CCN(C)CC3)cc2)[C@@H](C)C(=O)OC2CCCC2)cc1. The molecule has 0 spiro atoms. The molecule has 2 atom stereocenters. The molecule has 2 aliphatic heterocycles. The number of sulfonamides is 1. The zero-order valence-electron chi connectivity index (χ0n) is 25.7. The molecule has 5 rings (SSSR count). The van der Waals surface area contributed by atoms with E-state index in [1.165, 1.54) is 9.21 Å². The normalized spacial score (nSPS) is 20.8. The van der Waals surface area contributed by atoms with Crippen molar-refractivity contribution in [1.29, 1.82) is 0 Å². The van der Waals surface area contributed by atoms with E-state index in [1.54, 1.807) is 60.4 Å². The Morgan fingerprint density at radius 3 is 2.14 bits per heavy atom. The average Bonchev–Trinajstić information content (AvgIpc) is 3.72. The van der Waals surface area contributed by atoms with Gasteiger partial charge in [0.25, 0.3) is 0 Å². The number of esters is 1. The van der Waals surface area contributed by atoms with Crippen LogP contribution in [0, 0.1) is 6.92 Å². The van der Waals surface area contributed by atoms with Crippen LogP contribution in [0.3, 0.4) is 0 Å². The maximum atomic E-state index is 14.3. The van der Waals surface area contributed by atoms with Crippen molar-refractivity contribution in [3.05, 3.63) is 54.1 Å². The lowest BCUT2D eigenvalue weighted by molar-refractivity contribution is -0.151. The van der Waals surface area contributed by atoms with Crippen LogP contribution >= 0.6 is 0 Å². The first-order chi connectivity index (χ1) is 21.0. The van der Waals surface area contributed by atoms with Gasteiger partial charge in [-0.25, -0.2) is 18.0 Å². The Hall–Kier alpha value is -3.48. The van der Waals surface area contributed by atoms with Crippen molar-refractivity contribution >= 4 is 33.7 Å². The number of anilines is 1. The van der Waals surface area contributed by atoms with Crippen molar-refractivity contribution in [2.45, 2.75) is 75.5 Å². The third kappa shape index (κ3) is 7.08. The molecule has 44 heavy (non-hydrogen) atoms. The molecule has 0 N–H and O–H groups in total. The van der Waals surface area contributed by atoms with Crippen molar-refractivity contribution in [2.24, 2.45) is 0 Å². The van der Waals surface area contributed by atoms with E-state index in [9.17, 15) is 22.8 Å². The lowest BCUT2D eigenvalue weighted by Crippen LogP contribution is -2.53. The van der Waals surface area contributed by atoms with E-state index in [1.807, 2.05) is 14.0 Å². The Morgan fingerprint density at radius 1 is 0.864 bits per heavy atom. The van der Waals surface area contributed by atoms with Crippen LogP contribution in [0.1, 0.15) is 51.0 Å². The molecular formula is C32H42N4O7S. The Labute approximate surface area is 259 Å². The third-order valence-corrected chi connectivity index (χ3v) is 10.7. The second-order valence-corrected chi connectivity index (χ2v) is 13.9. The van der Waals surface area contributed by atoms with Gasteiger partial charge in [0.15, 0.2) is 0 Å². The summed E-state index contributed by atoms with van der Waals surface area (Å²) in [5, 5.41) is 0. The highest BCUT2D eigenvalue weighted by Crippen LogP contribution is 2.31. The fourth-order valence-electron chi connectivity index (χ4n) is 6.03. The largest absolute Gasteiger partial charge is 0.461 e. The van der Waals surface area contributed by atoms with E-state index in [0.717, 1.165) is 44.3 Å². The highest BCUT2D eigenvalue weighted by Gasteiger charge is 2.44. The Balaban J connectivity index is 1.39. The fourth-order valence-corrected chi connectivity index (χ4v) is 7.68. The van der Waals surface area contributed by atoms with Crippen LogP contribution in [-0.4, -0.2) is 98.5 Å². The molecule has 1 saturated carbocycles. The molecule has 3 fully saturated rings. The number of piperazine rings is 1. The van der Waals surface area contributed by atoms with Crippen LogP contribution in [0.4, 0.5) is 10.5 Å². The van der Waals surface area contributed by atoms with Crippen LogP contribution < -0.4 is 9.64 Å². The van der Waals surface area contributed by atoms with Gasteiger partial charge in [-0.1, -0.05) is 17.7 Å². The quantitative estimate of drug-likeness (QED) is 0.407. The minimum atomic E-state index is -3.96. The smallest absolute Gasteiger partial charge is 0.415 e. The molecule has 2 aromatic rings. The Kier molecular flexibility index (Phi) is 9.91. The van der Waals surface area contributed by atoms with E-state index in [4.69, 9.17) is 9.47 Å². The summed E-state index contributed by atoms with van der Waals surface area (Å²) in [6, 6.07) is 10.9. The van der Waals surface area contributed by atoms with Gasteiger partial charge < -0.3 is 19.3 Å². The number of nitrogens with zero attached hydrogens (tertiary/aromatic N) is 4. The number of amides is 2. The number of hydrogen-bond acceptors (Lipinski definition) is 8. The van der Waals surface area contributed by atoms with Crippen LogP contribution in [-0.2, 0) is 24.3 Å². The number of aryl methyl sites for hydroxylation is 1. The molecule has 2 amide bonds. The van der Waals surface area contributed by atoms with E-state index in [2.05, 4.69) is 4.90 Å². The lowest BCUT2D eigenvalue weighted by atomic mass is 10.1. The van der Waals surface area contributed by atoms with Crippen LogP contribution in [0.2, 0.25) is 0 Å². The standard InChI is InChI=1S/C32H42N4O7S/c1-23-10-16-28(17-11-23)44(40,41)35-18-6-9-29(35)30(37)36(24(2)31(38)42-26-7-4-5-8-26)25-12-14-27(15-13-25)43-32(39)34-21-19-33(3)20-22-34/h10-17,24,26,29H,4-9,18-22H2,1-3H3/t24-,29-/m0/s1. The van der Waals surface area contributed by atoms with Crippen LogP contribution in [0.15, 0.2) is 53.4 Å². The number of benzene rings is 2. The molecule has 2 heterocycles. The van der Waals surface area contributed by atoms with Gasteiger partial charge in [-0.05, 0) is 95.8 Å². The summed E-state index contributed by atoms with van der Waals surface area (Å²) in [5.74, 6) is -0.742. The lowest BCUT2D eigenvalue weighted by Gasteiger charge is -2.33. The van der Waals surface area contributed by atoms with Crippen molar-refractivity contribution in [3.63, 3.8) is 0 Å². The van der Waals surface area contributed by atoms with Gasteiger partial charge in [-0.2, -0.15) is 4.31 Å². The summed E-state index contributed by atoms with van der Waals surface area (Å²) in [7, 11) is -1.96. The summed E-state index contributed by atoms with van der Waals surface area (Å²) in [6.45, 7) is 6.34. The fraction of sp³-hybridized carbons (Fsp3) is 0.531. The molecular weight excluding hydrogens is 584 g/mol. The molecule has 2 aromatic carbocycles. The molecule has 238 valence electrons. The monoisotopic (exact) mass is 626 g/mol. The predicted octanol–water partition coefficient (Wildman–Crippen LogP) is 3.80. The molecule has 2 saturated heterocycles. The Morgan fingerprint density at radius 2 is 1.50 bits per heavy atom. The first-order valence-corrected chi connectivity index (χ1v) is 16.9. The summed E-state index contributed by atoms with van der Waals surface area (Å²) >= 11 is 0. The van der Waals surface area contributed by atoms with Crippen LogP contribution in [0.25, 0.3) is 0 Å². The minimum Gasteiger partial charge on any atom is -0.461 e. The van der Waals surface area contributed by atoms with Gasteiger partial charge in [-0.15, -0.1) is 0 Å². The second-order valence-electron chi connectivity index (χ2n) is 12.0. The average molecular weight is 627 g/mol. The summed E-state index contributed by atoms with van der Waals surface area (Å²) in [5.41, 5.74) is 1.31. The number of ether oxygens (including phenoxy) is 2. The van der Waals surface area contributed by atoms with Gasteiger partial charge in [0, 0.05) is 38.4 Å².